The fourth-order valence-corrected chi connectivity index (χ4v) is 4.64. The molecule has 0 fully saturated rings. The molecule has 0 spiro atoms. The number of carbonyl (C=O) groups excluding carboxylic acids is 1. The second-order valence-corrected chi connectivity index (χ2v) is 7.92. The predicted molar refractivity (Wildman–Crippen MR) is 108 cm³/mol. The second kappa shape index (κ2) is 6.67. The molecule has 5 rings (SSSR count). The molecular formula is C22H19N3OS. The number of rotatable bonds is 4. The average Bonchev–Trinajstić information content (AvgIpc) is 3.46. The maximum Gasteiger partial charge on any atom is 0.252 e. The highest BCUT2D eigenvalue weighted by Crippen LogP contribution is 2.31. The van der Waals surface area contributed by atoms with Crippen LogP contribution in [-0.4, -0.2) is 15.9 Å². The molecule has 1 atom stereocenters. The predicted octanol–water partition coefficient (Wildman–Crippen LogP) is 4.63. The lowest BCUT2D eigenvalue weighted by Gasteiger charge is -2.19. The Kier molecular flexibility index (Phi) is 4.02. The van der Waals surface area contributed by atoms with Crippen molar-refractivity contribution < 1.29 is 4.79 Å². The van der Waals surface area contributed by atoms with Crippen LogP contribution in [0.2, 0.25) is 0 Å². The van der Waals surface area contributed by atoms with E-state index in [0.717, 1.165) is 34.3 Å². The number of aryl methyl sites for hydroxylation is 2. The summed E-state index contributed by atoms with van der Waals surface area (Å²) in [6.45, 7) is 0. The molecule has 27 heavy (non-hydrogen) atoms. The number of nitrogens with zero attached hydrogens (tertiary/aromatic N) is 1. The summed E-state index contributed by atoms with van der Waals surface area (Å²) in [6.07, 6.45) is 5.16. The monoisotopic (exact) mass is 373 g/mol. The van der Waals surface area contributed by atoms with Crippen molar-refractivity contribution in [3.05, 3.63) is 87.4 Å². The van der Waals surface area contributed by atoms with Crippen LogP contribution in [0.1, 0.15) is 44.4 Å². The molecule has 2 heterocycles. The average molecular weight is 373 g/mol. The van der Waals surface area contributed by atoms with Gasteiger partial charge < -0.3 is 10.3 Å². The number of nitrogens with one attached hydrogen (secondary N) is 2. The van der Waals surface area contributed by atoms with Gasteiger partial charge in [-0.3, -0.25) is 4.79 Å². The normalized spacial score (nSPS) is 14.2. The molecule has 4 nitrogen and oxygen atoms in total. The molecule has 2 aromatic carbocycles. The van der Waals surface area contributed by atoms with Gasteiger partial charge in [-0.1, -0.05) is 24.3 Å². The van der Waals surface area contributed by atoms with E-state index in [1.54, 1.807) is 17.7 Å². The van der Waals surface area contributed by atoms with Gasteiger partial charge in [0.1, 0.15) is 0 Å². The summed E-state index contributed by atoms with van der Waals surface area (Å²) in [6, 6.07) is 16.2. The zero-order valence-electron chi connectivity index (χ0n) is 14.7. The van der Waals surface area contributed by atoms with E-state index < -0.39 is 0 Å². The molecule has 1 amide bonds. The van der Waals surface area contributed by atoms with Gasteiger partial charge in [0, 0.05) is 10.4 Å². The highest BCUT2D eigenvalue weighted by atomic mass is 32.1. The Bertz CT molecular complexity index is 1110. The molecule has 0 aliphatic heterocycles. The first-order valence-corrected chi connectivity index (χ1v) is 10.0. The highest BCUT2D eigenvalue weighted by molar-refractivity contribution is 7.10. The van der Waals surface area contributed by atoms with E-state index in [9.17, 15) is 4.79 Å². The molecule has 0 bridgehead atoms. The van der Waals surface area contributed by atoms with Gasteiger partial charge in [0.05, 0.1) is 23.4 Å². The van der Waals surface area contributed by atoms with Crippen LogP contribution >= 0.6 is 11.3 Å². The van der Waals surface area contributed by atoms with Gasteiger partial charge in [-0.2, -0.15) is 0 Å². The van der Waals surface area contributed by atoms with Gasteiger partial charge >= 0.3 is 0 Å². The van der Waals surface area contributed by atoms with E-state index >= 15 is 0 Å². The number of aromatic nitrogens is 2. The van der Waals surface area contributed by atoms with Crippen LogP contribution in [0.3, 0.4) is 0 Å². The Morgan fingerprint density at radius 2 is 2.04 bits per heavy atom. The van der Waals surface area contributed by atoms with Crippen molar-refractivity contribution in [2.45, 2.75) is 25.3 Å². The van der Waals surface area contributed by atoms with Crippen molar-refractivity contribution in [2.24, 2.45) is 0 Å². The van der Waals surface area contributed by atoms with Crippen LogP contribution < -0.4 is 5.32 Å². The third kappa shape index (κ3) is 3.04. The van der Waals surface area contributed by atoms with Gasteiger partial charge in [-0.15, -0.1) is 11.3 Å². The van der Waals surface area contributed by atoms with Gasteiger partial charge in [-0.25, -0.2) is 4.98 Å². The van der Waals surface area contributed by atoms with Crippen LogP contribution in [0, 0.1) is 0 Å². The Hall–Kier alpha value is -2.92. The fraction of sp³-hybridized carbons (Fsp3) is 0.182. The molecule has 0 saturated carbocycles. The molecule has 1 aliphatic rings. The number of aromatic amines is 1. The van der Waals surface area contributed by atoms with E-state index in [4.69, 9.17) is 0 Å². The Morgan fingerprint density at radius 3 is 2.93 bits per heavy atom. The van der Waals surface area contributed by atoms with E-state index in [0.29, 0.717) is 5.56 Å². The molecule has 0 unspecified atom stereocenters. The molecule has 2 N–H and O–H groups in total. The van der Waals surface area contributed by atoms with E-state index in [-0.39, 0.29) is 11.9 Å². The van der Waals surface area contributed by atoms with Gasteiger partial charge in [0.25, 0.3) is 5.91 Å². The third-order valence-corrected chi connectivity index (χ3v) is 6.18. The lowest BCUT2D eigenvalue weighted by atomic mass is 9.99. The SMILES string of the molecule is O=C(N[C@@H](c1ccc2c(c1)CCC2)c1cccs1)c1ccc2nc[nH]c2c1. The lowest BCUT2D eigenvalue weighted by molar-refractivity contribution is 0.0943. The zero-order chi connectivity index (χ0) is 18.2. The lowest BCUT2D eigenvalue weighted by Crippen LogP contribution is -2.28. The van der Waals surface area contributed by atoms with Crippen molar-refractivity contribution in [1.82, 2.24) is 15.3 Å². The molecule has 134 valence electrons. The topological polar surface area (TPSA) is 57.8 Å². The Labute approximate surface area is 161 Å². The van der Waals surface area contributed by atoms with Crippen LogP contribution in [0.4, 0.5) is 0 Å². The van der Waals surface area contributed by atoms with Gasteiger partial charge in [-0.05, 0) is 65.6 Å². The van der Waals surface area contributed by atoms with Crippen molar-refractivity contribution in [1.29, 1.82) is 0 Å². The number of imidazole rings is 1. The summed E-state index contributed by atoms with van der Waals surface area (Å²) < 4.78 is 0. The molecule has 5 heteroatoms. The minimum absolute atomic E-state index is 0.0783. The molecular weight excluding hydrogens is 354 g/mol. The van der Waals surface area contributed by atoms with E-state index in [1.165, 1.54) is 17.5 Å². The molecule has 2 aromatic heterocycles. The number of carbonyl (C=O) groups is 1. The first kappa shape index (κ1) is 16.3. The summed E-state index contributed by atoms with van der Waals surface area (Å²) in [5.41, 5.74) is 6.37. The zero-order valence-corrected chi connectivity index (χ0v) is 15.6. The summed E-state index contributed by atoms with van der Waals surface area (Å²) in [7, 11) is 0. The molecule has 4 aromatic rings. The van der Waals surface area contributed by atoms with Crippen molar-refractivity contribution in [3.63, 3.8) is 0 Å². The number of hydrogen-bond acceptors (Lipinski definition) is 3. The summed E-state index contributed by atoms with van der Waals surface area (Å²) in [4.78, 5) is 21.4. The largest absolute Gasteiger partial charge is 0.345 e. The second-order valence-electron chi connectivity index (χ2n) is 6.94. The third-order valence-electron chi connectivity index (χ3n) is 5.24. The minimum atomic E-state index is -0.138. The minimum Gasteiger partial charge on any atom is -0.345 e. The smallest absolute Gasteiger partial charge is 0.252 e. The van der Waals surface area contributed by atoms with E-state index in [1.807, 2.05) is 24.3 Å². The number of benzene rings is 2. The van der Waals surface area contributed by atoms with Gasteiger partial charge in [0.15, 0.2) is 0 Å². The van der Waals surface area contributed by atoms with E-state index in [2.05, 4.69) is 44.9 Å². The summed E-state index contributed by atoms with van der Waals surface area (Å²) >= 11 is 1.67. The first-order chi connectivity index (χ1) is 13.3. The van der Waals surface area contributed by atoms with Crippen molar-refractivity contribution in [3.8, 4) is 0 Å². The quantitative estimate of drug-likeness (QED) is 0.548. The molecule has 0 radical (unpaired) electrons. The maximum absolute atomic E-state index is 13.0. The maximum atomic E-state index is 13.0. The standard InChI is InChI=1S/C22H19N3OS/c26-22(17-8-9-18-19(12-17)24-13-23-18)25-21(20-5-2-10-27-20)16-7-6-14-3-1-4-15(14)11-16/h2,5-13,21H,1,3-4H2,(H,23,24)(H,25,26)/t21-/m0/s1. The number of fused-ring (bicyclic) bond motifs is 2. The van der Waals surface area contributed by atoms with Crippen molar-refractivity contribution in [2.75, 3.05) is 0 Å². The Morgan fingerprint density at radius 1 is 1.11 bits per heavy atom. The summed E-state index contributed by atoms with van der Waals surface area (Å²) in [5.74, 6) is -0.0783. The highest BCUT2D eigenvalue weighted by Gasteiger charge is 2.21. The van der Waals surface area contributed by atoms with Crippen LogP contribution in [0.5, 0.6) is 0 Å². The number of H-pyrrole nitrogens is 1. The summed E-state index contributed by atoms with van der Waals surface area (Å²) in [5, 5.41) is 5.29. The number of thiophene rings is 1. The van der Waals surface area contributed by atoms with Gasteiger partial charge in [0.2, 0.25) is 0 Å². The molecule has 1 aliphatic carbocycles. The van der Waals surface area contributed by atoms with Crippen LogP contribution in [-0.2, 0) is 12.8 Å². The van der Waals surface area contributed by atoms with Crippen molar-refractivity contribution >= 4 is 28.3 Å². The van der Waals surface area contributed by atoms with Crippen LogP contribution in [0.15, 0.2) is 60.2 Å². The number of amides is 1. The molecule has 0 saturated heterocycles. The fourth-order valence-electron chi connectivity index (χ4n) is 3.84. The Balaban J connectivity index is 1.48. The number of hydrogen-bond donors (Lipinski definition) is 2. The van der Waals surface area contributed by atoms with Crippen LogP contribution in [0.25, 0.3) is 11.0 Å². The first-order valence-electron chi connectivity index (χ1n) is 9.17.